The van der Waals surface area contributed by atoms with Gasteiger partial charge < -0.3 is 5.73 Å². The van der Waals surface area contributed by atoms with Crippen LogP contribution in [0, 0.1) is 11.6 Å². The first-order valence-corrected chi connectivity index (χ1v) is 6.08. The van der Waals surface area contributed by atoms with Crippen LogP contribution in [0.15, 0.2) is 18.2 Å². The number of halogens is 2. The van der Waals surface area contributed by atoms with Crippen LogP contribution in [0.2, 0.25) is 0 Å². The summed E-state index contributed by atoms with van der Waals surface area (Å²) in [7, 11) is 0. The normalized spacial score (nSPS) is 25.4. The Morgan fingerprint density at radius 1 is 1.41 bits per heavy atom. The van der Waals surface area contributed by atoms with Crippen LogP contribution in [0.1, 0.15) is 31.4 Å². The molecular weight excluding hydrogens is 222 g/mol. The van der Waals surface area contributed by atoms with Crippen LogP contribution in [-0.4, -0.2) is 24.0 Å². The highest BCUT2D eigenvalue weighted by molar-refractivity contribution is 5.25. The topological polar surface area (TPSA) is 29.3 Å². The van der Waals surface area contributed by atoms with Crippen LogP contribution < -0.4 is 5.73 Å². The molecule has 2 N–H and O–H groups in total. The number of rotatable bonds is 3. The minimum Gasteiger partial charge on any atom is -0.326 e. The van der Waals surface area contributed by atoms with Crippen molar-refractivity contribution in [2.75, 3.05) is 13.1 Å². The van der Waals surface area contributed by atoms with Crippen LogP contribution in [0.25, 0.3) is 0 Å². The molecule has 94 valence electrons. The van der Waals surface area contributed by atoms with Gasteiger partial charge in [0.05, 0.1) is 6.04 Å². The standard InChI is InChI=1S/C13H18F2N2/c1-2-6-17-7-5-12(16)13(17)10-8-9(14)3-4-11(10)15/h3-4,8,12-13H,2,5-7,16H2,1H3. The van der Waals surface area contributed by atoms with Gasteiger partial charge in [-0.2, -0.15) is 0 Å². The van der Waals surface area contributed by atoms with E-state index in [4.69, 9.17) is 5.73 Å². The van der Waals surface area contributed by atoms with Crippen LogP contribution in [0.5, 0.6) is 0 Å². The van der Waals surface area contributed by atoms with E-state index >= 15 is 0 Å². The third-order valence-electron chi connectivity index (χ3n) is 3.34. The fourth-order valence-electron chi connectivity index (χ4n) is 2.59. The highest BCUT2D eigenvalue weighted by Crippen LogP contribution is 2.32. The lowest BCUT2D eigenvalue weighted by molar-refractivity contribution is 0.242. The van der Waals surface area contributed by atoms with Gasteiger partial charge in [-0.05, 0) is 37.6 Å². The lowest BCUT2D eigenvalue weighted by Gasteiger charge is -2.27. The molecule has 0 aromatic heterocycles. The van der Waals surface area contributed by atoms with E-state index in [-0.39, 0.29) is 17.9 Å². The minimum atomic E-state index is -0.406. The van der Waals surface area contributed by atoms with Crippen LogP contribution >= 0.6 is 0 Å². The van der Waals surface area contributed by atoms with Gasteiger partial charge in [0.1, 0.15) is 11.6 Å². The van der Waals surface area contributed by atoms with Gasteiger partial charge in [-0.25, -0.2) is 8.78 Å². The number of nitrogens with two attached hydrogens (primary N) is 1. The second-order valence-electron chi connectivity index (χ2n) is 4.60. The van der Waals surface area contributed by atoms with Crippen LogP contribution in [0.4, 0.5) is 8.78 Å². The summed E-state index contributed by atoms with van der Waals surface area (Å²) < 4.78 is 27.0. The minimum absolute atomic E-state index is 0.113. The Kier molecular flexibility index (Phi) is 3.74. The molecule has 0 spiro atoms. The van der Waals surface area contributed by atoms with Crippen molar-refractivity contribution in [1.82, 2.24) is 4.90 Å². The van der Waals surface area contributed by atoms with E-state index in [1.807, 2.05) is 0 Å². The Bertz CT molecular complexity index is 393. The van der Waals surface area contributed by atoms with Crippen molar-refractivity contribution >= 4 is 0 Å². The maximum Gasteiger partial charge on any atom is 0.128 e. The molecule has 0 radical (unpaired) electrons. The predicted molar refractivity (Wildman–Crippen MR) is 63.6 cm³/mol. The number of benzene rings is 1. The third-order valence-corrected chi connectivity index (χ3v) is 3.34. The zero-order valence-electron chi connectivity index (χ0n) is 10.00. The Labute approximate surface area is 100 Å². The van der Waals surface area contributed by atoms with Crippen molar-refractivity contribution in [3.8, 4) is 0 Å². The van der Waals surface area contributed by atoms with Gasteiger partial charge in [-0.3, -0.25) is 4.90 Å². The highest BCUT2D eigenvalue weighted by Gasteiger charge is 2.34. The molecule has 0 aliphatic carbocycles. The van der Waals surface area contributed by atoms with Crippen molar-refractivity contribution in [3.63, 3.8) is 0 Å². The molecule has 1 aliphatic heterocycles. The van der Waals surface area contributed by atoms with Crippen molar-refractivity contribution in [2.45, 2.75) is 31.8 Å². The van der Waals surface area contributed by atoms with E-state index < -0.39 is 5.82 Å². The summed E-state index contributed by atoms with van der Waals surface area (Å²) in [6.45, 7) is 3.80. The van der Waals surface area contributed by atoms with Crippen LogP contribution in [-0.2, 0) is 0 Å². The number of hydrogen-bond donors (Lipinski definition) is 1. The van der Waals surface area contributed by atoms with Crippen molar-refractivity contribution < 1.29 is 8.78 Å². The molecule has 1 heterocycles. The summed E-state index contributed by atoms with van der Waals surface area (Å²) in [5, 5.41) is 0. The Hall–Kier alpha value is -1.00. The maximum atomic E-state index is 13.8. The summed E-state index contributed by atoms with van der Waals surface area (Å²) in [6.07, 6.45) is 1.82. The fourth-order valence-corrected chi connectivity index (χ4v) is 2.59. The molecule has 1 aliphatic rings. The highest BCUT2D eigenvalue weighted by atomic mass is 19.1. The molecule has 2 atom stereocenters. The average molecular weight is 240 g/mol. The van der Waals surface area contributed by atoms with Gasteiger partial charge in [-0.1, -0.05) is 6.92 Å². The van der Waals surface area contributed by atoms with Crippen LogP contribution in [0.3, 0.4) is 0 Å². The van der Waals surface area contributed by atoms with Crippen molar-refractivity contribution in [1.29, 1.82) is 0 Å². The molecular formula is C13H18F2N2. The largest absolute Gasteiger partial charge is 0.326 e. The third kappa shape index (κ3) is 2.48. The summed E-state index contributed by atoms with van der Waals surface area (Å²) in [5.74, 6) is -0.771. The first kappa shape index (κ1) is 12.5. The predicted octanol–water partition coefficient (Wildman–Crippen LogP) is 2.45. The van der Waals surface area contributed by atoms with E-state index in [1.54, 1.807) is 0 Å². The maximum absolute atomic E-state index is 13.8. The van der Waals surface area contributed by atoms with Crippen molar-refractivity contribution in [3.05, 3.63) is 35.4 Å². The van der Waals surface area contributed by atoms with E-state index in [9.17, 15) is 8.78 Å². The van der Waals surface area contributed by atoms with E-state index in [2.05, 4.69) is 11.8 Å². The SMILES string of the molecule is CCCN1CCC(N)C1c1cc(F)ccc1F. The molecule has 0 amide bonds. The average Bonchev–Trinajstić information content (AvgIpc) is 2.64. The molecule has 1 aromatic rings. The summed E-state index contributed by atoms with van der Waals surface area (Å²) in [6, 6.07) is 3.29. The van der Waals surface area contributed by atoms with Gasteiger partial charge in [0.25, 0.3) is 0 Å². The molecule has 0 saturated carbocycles. The monoisotopic (exact) mass is 240 g/mol. The fraction of sp³-hybridized carbons (Fsp3) is 0.538. The molecule has 2 rings (SSSR count). The first-order chi connectivity index (χ1) is 8.13. The molecule has 2 unspecified atom stereocenters. The van der Waals surface area contributed by atoms with Gasteiger partial charge in [0, 0.05) is 18.2 Å². The molecule has 17 heavy (non-hydrogen) atoms. The smallest absolute Gasteiger partial charge is 0.128 e. The quantitative estimate of drug-likeness (QED) is 0.879. The second-order valence-corrected chi connectivity index (χ2v) is 4.60. The van der Waals surface area contributed by atoms with Gasteiger partial charge in [-0.15, -0.1) is 0 Å². The Balaban J connectivity index is 2.32. The summed E-state index contributed by atoms with van der Waals surface area (Å²) >= 11 is 0. The zero-order chi connectivity index (χ0) is 12.4. The van der Waals surface area contributed by atoms with E-state index in [1.165, 1.54) is 12.1 Å². The van der Waals surface area contributed by atoms with Gasteiger partial charge in [0.2, 0.25) is 0 Å². The van der Waals surface area contributed by atoms with E-state index in [0.717, 1.165) is 32.0 Å². The Morgan fingerprint density at radius 2 is 2.18 bits per heavy atom. The first-order valence-electron chi connectivity index (χ1n) is 6.08. The van der Waals surface area contributed by atoms with Crippen molar-refractivity contribution in [2.24, 2.45) is 5.73 Å². The molecule has 1 fully saturated rings. The molecule has 4 heteroatoms. The zero-order valence-corrected chi connectivity index (χ0v) is 10.00. The van der Waals surface area contributed by atoms with E-state index in [0.29, 0.717) is 5.56 Å². The lowest BCUT2D eigenvalue weighted by Crippen LogP contribution is -2.33. The number of nitrogens with zero attached hydrogens (tertiary/aromatic N) is 1. The number of hydrogen-bond acceptors (Lipinski definition) is 2. The van der Waals surface area contributed by atoms with Gasteiger partial charge >= 0.3 is 0 Å². The lowest BCUT2D eigenvalue weighted by atomic mass is 10.00. The molecule has 2 nitrogen and oxygen atoms in total. The Morgan fingerprint density at radius 3 is 2.88 bits per heavy atom. The summed E-state index contributed by atoms with van der Waals surface area (Å²) in [4.78, 5) is 2.14. The molecule has 0 bridgehead atoms. The molecule has 1 aromatic carbocycles. The molecule has 1 saturated heterocycles. The second kappa shape index (κ2) is 5.10. The summed E-state index contributed by atoms with van der Waals surface area (Å²) in [5.41, 5.74) is 6.41. The number of likely N-dealkylation sites (tertiary alicyclic amines) is 1. The van der Waals surface area contributed by atoms with Gasteiger partial charge in [0.15, 0.2) is 0 Å².